The fourth-order valence-corrected chi connectivity index (χ4v) is 1.36. The lowest BCUT2D eigenvalue weighted by Gasteiger charge is -2.17. The summed E-state index contributed by atoms with van der Waals surface area (Å²) in [7, 11) is 0. The summed E-state index contributed by atoms with van der Waals surface area (Å²) in [5.74, 6) is 0.720. The Kier molecular flexibility index (Phi) is 2.49. The van der Waals surface area contributed by atoms with Gasteiger partial charge in [0.2, 0.25) is 0 Å². The van der Waals surface area contributed by atoms with E-state index in [9.17, 15) is 0 Å². The van der Waals surface area contributed by atoms with Crippen molar-refractivity contribution in [3.8, 4) is 0 Å². The molecule has 0 aliphatic carbocycles. The number of nitrogens with zero attached hydrogens (tertiary/aromatic N) is 1. The lowest BCUT2D eigenvalue weighted by atomic mass is 9.92. The highest BCUT2D eigenvalue weighted by atomic mass is 16.6. The van der Waals surface area contributed by atoms with E-state index < -0.39 is 0 Å². The highest BCUT2D eigenvalue weighted by molar-refractivity contribution is 5.88. The Labute approximate surface area is 67.0 Å². The summed E-state index contributed by atoms with van der Waals surface area (Å²) in [6.07, 6.45) is 0.150. The van der Waals surface area contributed by atoms with Crippen LogP contribution >= 0.6 is 0 Å². The van der Waals surface area contributed by atoms with E-state index in [0.717, 1.165) is 5.71 Å². The van der Waals surface area contributed by atoms with E-state index in [1.165, 1.54) is 0 Å². The van der Waals surface area contributed by atoms with Gasteiger partial charge in [-0.05, 0) is 5.92 Å². The minimum atomic E-state index is 0.0182. The minimum absolute atomic E-state index is 0.0182. The van der Waals surface area contributed by atoms with Crippen molar-refractivity contribution < 1.29 is 9.94 Å². The molecule has 0 bridgehead atoms. The van der Waals surface area contributed by atoms with Crippen LogP contribution in [0, 0.1) is 11.8 Å². The molecular weight excluding hydrogens is 142 g/mol. The highest BCUT2D eigenvalue weighted by Gasteiger charge is 2.31. The second kappa shape index (κ2) is 3.22. The van der Waals surface area contributed by atoms with Gasteiger partial charge in [-0.15, -0.1) is 0 Å². The molecule has 0 amide bonds. The van der Waals surface area contributed by atoms with E-state index in [0.29, 0.717) is 5.92 Å². The maximum Gasteiger partial charge on any atom is 0.137 e. The zero-order valence-electron chi connectivity index (χ0n) is 7.24. The van der Waals surface area contributed by atoms with Crippen LogP contribution < -0.4 is 0 Å². The van der Waals surface area contributed by atoms with Crippen molar-refractivity contribution in [3.05, 3.63) is 0 Å². The largest absolute Gasteiger partial charge is 0.392 e. The first kappa shape index (κ1) is 8.53. The van der Waals surface area contributed by atoms with Crippen molar-refractivity contribution in [2.75, 3.05) is 6.61 Å². The van der Waals surface area contributed by atoms with E-state index in [-0.39, 0.29) is 18.6 Å². The molecule has 0 aromatic heterocycles. The minimum Gasteiger partial charge on any atom is -0.392 e. The Hall–Kier alpha value is -0.570. The average Bonchev–Trinajstić information content (AvgIpc) is 2.30. The summed E-state index contributed by atoms with van der Waals surface area (Å²) in [5, 5.41) is 12.6. The van der Waals surface area contributed by atoms with Gasteiger partial charge in [0, 0.05) is 5.92 Å². The number of hydrogen-bond donors (Lipinski definition) is 1. The summed E-state index contributed by atoms with van der Waals surface area (Å²) in [6.45, 7) is 6.24. The van der Waals surface area contributed by atoms with E-state index in [1.807, 2.05) is 6.92 Å². The van der Waals surface area contributed by atoms with Gasteiger partial charge < -0.3 is 9.94 Å². The zero-order chi connectivity index (χ0) is 8.43. The van der Waals surface area contributed by atoms with E-state index in [1.54, 1.807) is 0 Å². The van der Waals surface area contributed by atoms with Gasteiger partial charge in [-0.1, -0.05) is 25.9 Å². The molecule has 64 valence electrons. The van der Waals surface area contributed by atoms with Gasteiger partial charge in [0.25, 0.3) is 0 Å². The summed E-state index contributed by atoms with van der Waals surface area (Å²) in [5.41, 5.74) is 0.767. The molecule has 1 aliphatic rings. The molecule has 1 aliphatic heterocycles. The number of oxime groups is 1. The topological polar surface area (TPSA) is 41.8 Å². The van der Waals surface area contributed by atoms with Crippen LogP contribution in [0.5, 0.6) is 0 Å². The van der Waals surface area contributed by atoms with Gasteiger partial charge in [-0.3, -0.25) is 0 Å². The quantitative estimate of drug-likeness (QED) is 0.650. The van der Waals surface area contributed by atoms with Gasteiger partial charge in [0.15, 0.2) is 0 Å². The fraction of sp³-hybridized carbons (Fsp3) is 0.875. The highest BCUT2D eigenvalue weighted by Crippen LogP contribution is 2.23. The summed E-state index contributed by atoms with van der Waals surface area (Å²) < 4.78 is 0. The van der Waals surface area contributed by atoms with Gasteiger partial charge in [-0.2, -0.15) is 0 Å². The molecule has 0 radical (unpaired) electrons. The Morgan fingerprint density at radius 3 is 2.55 bits per heavy atom. The molecule has 2 atom stereocenters. The number of aliphatic hydroxyl groups excluding tert-OH is 1. The molecule has 0 aromatic rings. The first-order valence-corrected chi connectivity index (χ1v) is 4.00. The Morgan fingerprint density at radius 2 is 2.27 bits per heavy atom. The van der Waals surface area contributed by atoms with Crippen molar-refractivity contribution in [2.24, 2.45) is 17.0 Å². The van der Waals surface area contributed by atoms with Crippen LogP contribution in [0.4, 0.5) is 0 Å². The van der Waals surface area contributed by atoms with Crippen LogP contribution in [0.15, 0.2) is 5.16 Å². The lowest BCUT2D eigenvalue weighted by Crippen LogP contribution is -2.26. The molecular formula is C8H15NO2. The summed E-state index contributed by atoms with van der Waals surface area (Å²) >= 11 is 0. The molecule has 11 heavy (non-hydrogen) atoms. The molecule has 0 saturated heterocycles. The smallest absolute Gasteiger partial charge is 0.137 e. The lowest BCUT2D eigenvalue weighted by molar-refractivity contribution is 0.0320. The standard InChI is InChI=1S/C8H15NO2/c1-5(2)8-6(3)7(4-10)9-11-8/h5-6,8,10H,4H2,1-3H3/t6-,8+/m0/s1. The van der Waals surface area contributed by atoms with Crippen LogP contribution in [0.2, 0.25) is 0 Å². The molecule has 3 heteroatoms. The predicted octanol–water partition coefficient (Wildman–Crippen LogP) is 1.03. The maximum atomic E-state index is 8.83. The molecule has 1 N–H and O–H groups in total. The van der Waals surface area contributed by atoms with E-state index >= 15 is 0 Å². The van der Waals surface area contributed by atoms with Crippen molar-refractivity contribution >= 4 is 5.71 Å². The number of rotatable bonds is 2. The Bertz CT molecular complexity index is 165. The van der Waals surface area contributed by atoms with Crippen LogP contribution in [0.25, 0.3) is 0 Å². The molecule has 0 spiro atoms. The predicted molar refractivity (Wildman–Crippen MR) is 43.4 cm³/mol. The third-order valence-electron chi connectivity index (χ3n) is 2.13. The van der Waals surface area contributed by atoms with Crippen LogP contribution in [-0.2, 0) is 4.84 Å². The fourth-order valence-electron chi connectivity index (χ4n) is 1.36. The third kappa shape index (κ3) is 1.53. The van der Waals surface area contributed by atoms with Crippen molar-refractivity contribution in [2.45, 2.75) is 26.9 Å². The average molecular weight is 157 g/mol. The van der Waals surface area contributed by atoms with Gasteiger partial charge in [0.05, 0.1) is 12.3 Å². The molecule has 3 nitrogen and oxygen atoms in total. The molecule has 1 heterocycles. The van der Waals surface area contributed by atoms with Gasteiger partial charge in [-0.25, -0.2) is 0 Å². The molecule has 1 rings (SSSR count). The maximum absolute atomic E-state index is 8.83. The first-order valence-electron chi connectivity index (χ1n) is 4.00. The summed E-state index contributed by atoms with van der Waals surface area (Å²) in [6, 6.07) is 0. The second-order valence-electron chi connectivity index (χ2n) is 3.34. The van der Waals surface area contributed by atoms with Crippen LogP contribution in [-0.4, -0.2) is 23.5 Å². The van der Waals surface area contributed by atoms with Crippen molar-refractivity contribution in [1.29, 1.82) is 0 Å². The summed E-state index contributed by atoms with van der Waals surface area (Å²) in [4.78, 5) is 5.16. The monoisotopic (exact) mass is 157 g/mol. The Morgan fingerprint density at radius 1 is 1.64 bits per heavy atom. The normalized spacial score (nSPS) is 30.5. The number of hydrogen-bond acceptors (Lipinski definition) is 3. The SMILES string of the molecule is CC(C)[C@H]1ON=C(CO)[C@@H]1C. The zero-order valence-corrected chi connectivity index (χ0v) is 7.24. The van der Waals surface area contributed by atoms with Crippen molar-refractivity contribution in [1.82, 2.24) is 0 Å². The van der Waals surface area contributed by atoms with Gasteiger partial charge >= 0.3 is 0 Å². The van der Waals surface area contributed by atoms with Crippen LogP contribution in [0.1, 0.15) is 20.8 Å². The van der Waals surface area contributed by atoms with Gasteiger partial charge in [0.1, 0.15) is 6.10 Å². The van der Waals surface area contributed by atoms with E-state index in [4.69, 9.17) is 9.94 Å². The van der Waals surface area contributed by atoms with E-state index in [2.05, 4.69) is 19.0 Å². The molecule has 0 fully saturated rings. The second-order valence-corrected chi connectivity index (χ2v) is 3.34. The first-order chi connectivity index (χ1) is 5.16. The van der Waals surface area contributed by atoms with Crippen LogP contribution in [0.3, 0.4) is 0 Å². The third-order valence-corrected chi connectivity index (χ3v) is 2.13. The van der Waals surface area contributed by atoms with Crippen molar-refractivity contribution in [3.63, 3.8) is 0 Å². The molecule has 0 saturated carbocycles. The molecule has 0 unspecified atom stereocenters. The number of aliphatic hydroxyl groups is 1. The Balaban J connectivity index is 2.56. The molecule has 0 aromatic carbocycles.